The zero-order valence-electron chi connectivity index (χ0n) is 25.0. The number of nitrogens with zero attached hydrogens (tertiary/aromatic N) is 5. The van der Waals surface area contributed by atoms with E-state index in [2.05, 4.69) is 14.9 Å². The summed E-state index contributed by atoms with van der Waals surface area (Å²) in [7, 11) is 5.62. The van der Waals surface area contributed by atoms with Gasteiger partial charge in [0.25, 0.3) is 0 Å². The standard InChI is InChI=1S/C32H37ClFN5O4/c1-31(40)9-6-12-39(16-31)29-23-15-35-27(22-14-21(43-19-41-4)13-20-7-5-8-24(33)25(20)22)26(34)28(23)36-30(37-29)42-18-32(10-11-32)17-38(2)3/h5,7-8,13-15,40H,6,9-12,16-19H2,1-4H3/t31-/m1/s1. The second-order valence-corrected chi connectivity index (χ2v) is 12.8. The van der Waals surface area contributed by atoms with E-state index in [1.54, 1.807) is 18.3 Å². The Kier molecular flexibility index (Phi) is 8.06. The van der Waals surface area contributed by atoms with Gasteiger partial charge in [0.05, 0.1) is 17.6 Å². The number of β-amino-alcohol motifs (C(OH)–C–C–N with tert-alkyl or cyclic N) is 1. The van der Waals surface area contributed by atoms with Gasteiger partial charge in [0.2, 0.25) is 0 Å². The first-order valence-electron chi connectivity index (χ1n) is 14.5. The van der Waals surface area contributed by atoms with Crippen LogP contribution in [0.3, 0.4) is 0 Å². The highest BCUT2D eigenvalue weighted by Crippen LogP contribution is 2.46. The van der Waals surface area contributed by atoms with E-state index < -0.39 is 11.4 Å². The van der Waals surface area contributed by atoms with Gasteiger partial charge in [-0.05, 0) is 70.3 Å². The van der Waals surface area contributed by atoms with Gasteiger partial charge in [-0.1, -0.05) is 23.7 Å². The second-order valence-electron chi connectivity index (χ2n) is 12.4. The van der Waals surface area contributed by atoms with Crippen molar-refractivity contribution in [1.82, 2.24) is 19.9 Å². The topological polar surface area (TPSA) is 93.1 Å². The molecule has 0 amide bonds. The Bertz CT molecular complexity index is 1660. The largest absolute Gasteiger partial charge is 0.468 e. The molecule has 0 radical (unpaired) electrons. The number of anilines is 1. The molecule has 43 heavy (non-hydrogen) atoms. The third-order valence-electron chi connectivity index (χ3n) is 8.23. The zero-order valence-corrected chi connectivity index (χ0v) is 25.7. The van der Waals surface area contributed by atoms with E-state index in [1.165, 1.54) is 7.11 Å². The van der Waals surface area contributed by atoms with Gasteiger partial charge in [-0.3, -0.25) is 4.98 Å². The molecule has 1 aliphatic carbocycles. The Hall–Kier alpha value is -3.31. The van der Waals surface area contributed by atoms with Crippen LogP contribution >= 0.6 is 11.6 Å². The molecule has 0 spiro atoms. The molecule has 228 valence electrons. The number of methoxy groups -OCH3 is 1. The van der Waals surface area contributed by atoms with Gasteiger partial charge in [-0.25, -0.2) is 4.39 Å². The van der Waals surface area contributed by atoms with Crippen molar-refractivity contribution >= 4 is 39.1 Å². The maximum absolute atomic E-state index is 16.7. The summed E-state index contributed by atoms with van der Waals surface area (Å²) in [6.07, 6.45) is 5.15. The summed E-state index contributed by atoms with van der Waals surface area (Å²) in [5.41, 5.74) is -0.209. The molecule has 0 bridgehead atoms. The molecule has 4 aromatic rings. The van der Waals surface area contributed by atoms with Crippen LogP contribution in [-0.2, 0) is 4.74 Å². The first kappa shape index (κ1) is 29.7. The van der Waals surface area contributed by atoms with Crippen molar-refractivity contribution < 1.29 is 23.7 Å². The summed E-state index contributed by atoms with van der Waals surface area (Å²) in [6.45, 7) is 4.18. The van der Waals surface area contributed by atoms with Crippen LogP contribution in [0.2, 0.25) is 5.02 Å². The summed E-state index contributed by atoms with van der Waals surface area (Å²) in [6, 6.07) is 9.13. The van der Waals surface area contributed by atoms with Gasteiger partial charge >= 0.3 is 6.01 Å². The highest BCUT2D eigenvalue weighted by Gasteiger charge is 2.44. The predicted octanol–water partition coefficient (Wildman–Crippen LogP) is 5.69. The van der Waals surface area contributed by atoms with Crippen LogP contribution in [0.25, 0.3) is 32.9 Å². The molecule has 9 nitrogen and oxygen atoms in total. The Morgan fingerprint density at radius 3 is 2.67 bits per heavy atom. The highest BCUT2D eigenvalue weighted by molar-refractivity contribution is 6.36. The smallest absolute Gasteiger partial charge is 0.319 e. The minimum Gasteiger partial charge on any atom is -0.468 e. The number of rotatable bonds is 10. The lowest BCUT2D eigenvalue weighted by Gasteiger charge is -2.37. The predicted molar refractivity (Wildman–Crippen MR) is 166 cm³/mol. The Morgan fingerprint density at radius 1 is 1.14 bits per heavy atom. The number of piperidine rings is 1. The van der Waals surface area contributed by atoms with Crippen LogP contribution in [0.15, 0.2) is 36.5 Å². The van der Waals surface area contributed by atoms with Gasteiger partial charge in [-0.2, -0.15) is 9.97 Å². The van der Waals surface area contributed by atoms with Crippen molar-refractivity contribution in [1.29, 1.82) is 0 Å². The van der Waals surface area contributed by atoms with Crippen LogP contribution in [0.5, 0.6) is 11.8 Å². The minimum atomic E-state index is -0.898. The van der Waals surface area contributed by atoms with Crippen LogP contribution < -0.4 is 14.4 Å². The van der Waals surface area contributed by atoms with Crippen molar-refractivity contribution in [2.75, 3.05) is 59.1 Å². The molecule has 6 rings (SSSR count). The average molecular weight is 610 g/mol. The fraction of sp³-hybridized carbons (Fsp3) is 0.469. The van der Waals surface area contributed by atoms with Crippen LogP contribution in [0.4, 0.5) is 10.2 Å². The third-order valence-corrected chi connectivity index (χ3v) is 8.55. The molecule has 1 aliphatic heterocycles. The first-order chi connectivity index (χ1) is 20.6. The van der Waals surface area contributed by atoms with Gasteiger partial charge in [0.1, 0.15) is 22.8 Å². The molecule has 1 saturated heterocycles. The van der Waals surface area contributed by atoms with Crippen molar-refractivity contribution in [2.45, 2.75) is 38.2 Å². The monoisotopic (exact) mass is 609 g/mol. The van der Waals surface area contributed by atoms with Crippen LogP contribution in [0, 0.1) is 11.2 Å². The van der Waals surface area contributed by atoms with Gasteiger partial charge < -0.3 is 29.1 Å². The van der Waals surface area contributed by atoms with Crippen LogP contribution in [0.1, 0.15) is 32.6 Å². The number of ether oxygens (including phenoxy) is 3. The first-order valence-corrected chi connectivity index (χ1v) is 14.9. The van der Waals surface area contributed by atoms with Crippen molar-refractivity contribution in [3.05, 3.63) is 47.4 Å². The molecule has 11 heteroatoms. The third kappa shape index (κ3) is 6.20. The lowest BCUT2D eigenvalue weighted by atomic mass is 9.95. The lowest BCUT2D eigenvalue weighted by Crippen LogP contribution is -2.46. The van der Waals surface area contributed by atoms with Gasteiger partial charge in [0, 0.05) is 54.3 Å². The van der Waals surface area contributed by atoms with Crippen LogP contribution in [-0.4, -0.2) is 84.8 Å². The van der Waals surface area contributed by atoms with Crippen molar-refractivity contribution in [2.24, 2.45) is 5.41 Å². The Balaban J connectivity index is 1.49. The number of aromatic nitrogens is 3. The number of pyridine rings is 1. The summed E-state index contributed by atoms with van der Waals surface area (Å²) in [4.78, 5) is 18.1. The quantitative estimate of drug-likeness (QED) is 0.228. The SMILES string of the molecule is COCOc1cc(-c2ncc3c(N4CCC[C@@](C)(O)C4)nc(OCC4(CN(C)C)CC4)nc3c2F)c2c(Cl)cccc2c1. The van der Waals surface area contributed by atoms with Gasteiger partial charge in [0.15, 0.2) is 12.6 Å². The molecule has 2 aromatic heterocycles. The van der Waals surface area contributed by atoms with E-state index in [-0.39, 0.29) is 29.4 Å². The number of benzene rings is 2. The Labute approximate surface area is 255 Å². The summed E-state index contributed by atoms with van der Waals surface area (Å²) in [5.74, 6) is 0.372. The van der Waals surface area contributed by atoms with Crippen molar-refractivity contribution in [3.63, 3.8) is 0 Å². The number of aliphatic hydroxyl groups is 1. The van der Waals surface area contributed by atoms with E-state index in [0.717, 1.165) is 31.2 Å². The highest BCUT2D eigenvalue weighted by atomic mass is 35.5. The van der Waals surface area contributed by atoms with Crippen molar-refractivity contribution in [3.8, 4) is 23.0 Å². The van der Waals surface area contributed by atoms with E-state index in [4.69, 9.17) is 30.8 Å². The maximum Gasteiger partial charge on any atom is 0.319 e. The number of fused-ring (bicyclic) bond motifs is 2. The number of hydrogen-bond acceptors (Lipinski definition) is 9. The molecule has 1 atom stereocenters. The Morgan fingerprint density at radius 2 is 1.95 bits per heavy atom. The summed E-state index contributed by atoms with van der Waals surface area (Å²) in [5, 5.41) is 13.2. The molecule has 1 N–H and O–H groups in total. The molecular weight excluding hydrogens is 573 g/mol. The summed E-state index contributed by atoms with van der Waals surface area (Å²) < 4.78 is 33.8. The fourth-order valence-corrected chi connectivity index (χ4v) is 6.36. The van der Waals surface area contributed by atoms with E-state index in [1.807, 2.05) is 44.1 Å². The van der Waals surface area contributed by atoms with E-state index in [0.29, 0.717) is 59.0 Å². The minimum absolute atomic E-state index is 0.0331. The molecule has 2 fully saturated rings. The summed E-state index contributed by atoms with van der Waals surface area (Å²) >= 11 is 6.65. The molecule has 2 aliphatic rings. The van der Waals surface area contributed by atoms with E-state index >= 15 is 4.39 Å². The fourth-order valence-electron chi connectivity index (χ4n) is 6.08. The molecule has 0 unspecified atom stereocenters. The molecular formula is C32H37ClFN5O4. The van der Waals surface area contributed by atoms with Gasteiger partial charge in [-0.15, -0.1) is 0 Å². The zero-order chi connectivity index (χ0) is 30.4. The maximum atomic E-state index is 16.7. The molecule has 3 heterocycles. The molecule has 2 aromatic carbocycles. The normalized spacial score (nSPS) is 19.8. The lowest BCUT2D eigenvalue weighted by molar-refractivity contribution is 0.0447. The average Bonchev–Trinajstić information content (AvgIpc) is 3.73. The number of halogens is 2. The molecule has 1 saturated carbocycles. The second kappa shape index (κ2) is 11.6. The van der Waals surface area contributed by atoms with E-state index in [9.17, 15) is 5.11 Å². The number of hydrogen-bond donors (Lipinski definition) is 1.